The number of aryl methyl sites for hydroxylation is 1. The minimum absolute atomic E-state index is 0.0206. The van der Waals surface area contributed by atoms with Crippen LogP contribution in [0.25, 0.3) is 0 Å². The molecule has 1 aromatic heterocycles. The highest BCUT2D eigenvalue weighted by molar-refractivity contribution is 6.00. The lowest BCUT2D eigenvalue weighted by atomic mass is 9.74. The quantitative estimate of drug-likeness (QED) is 0.318. The Labute approximate surface area is 278 Å². The molecule has 2 aromatic rings. The Kier molecular flexibility index (Phi) is 12.5. The third-order valence-corrected chi connectivity index (χ3v) is 10.1. The van der Waals surface area contributed by atoms with Gasteiger partial charge in [-0.3, -0.25) is 23.9 Å². The minimum Gasteiger partial charge on any atom is -0.344 e. The molecule has 2 fully saturated rings. The van der Waals surface area contributed by atoms with Crippen LogP contribution in [0.15, 0.2) is 30.5 Å². The molecule has 4 rings (SSSR count). The maximum absolute atomic E-state index is 15.7. The number of carbonyl (C=O) groups excluding carboxylic acids is 4. The van der Waals surface area contributed by atoms with Crippen LogP contribution in [0.3, 0.4) is 0 Å². The van der Waals surface area contributed by atoms with E-state index in [9.17, 15) is 19.2 Å². The predicted molar refractivity (Wildman–Crippen MR) is 179 cm³/mol. The van der Waals surface area contributed by atoms with Gasteiger partial charge in [0.15, 0.2) is 0 Å². The maximum atomic E-state index is 15.7. The number of nitrogens with zero attached hydrogens (tertiary/aromatic N) is 4. The highest BCUT2D eigenvalue weighted by atomic mass is 19.1. The second kappa shape index (κ2) is 16.3. The van der Waals surface area contributed by atoms with Gasteiger partial charge in [0.05, 0.1) is 5.69 Å². The second-order valence-corrected chi connectivity index (χ2v) is 13.4. The largest absolute Gasteiger partial charge is 0.344 e. The van der Waals surface area contributed by atoms with E-state index in [0.717, 1.165) is 38.8 Å². The molecular formula is C35H52FN7O4. The van der Waals surface area contributed by atoms with Crippen molar-refractivity contribution in [2.24, 2.45) is 17.8 Å². The summed E-state index contributed by atoms with van der Waals surface area (Å²) in [6, 6.07) is 4.32. The number of piperazine rings is 1. The molecule has 11 nitrogen and oxygen atoms in total. The molecule has 0 radical (unpaired) electrons. The molecule has 0 spiro atoms. The summed E-state index contributed by atoms with van der Waals surface area (Å²) in [4.78, 5) is 57.1. The fourth-order valence-corrected chi connectivity index (χ4v) is 6.73. The highest BCUT2D eigenvalue weighted by Gasteiger charge is 2.36. The average molecular weight is 654 g/mol. The normalized spacial score (nSPS) is 21.3. The lowest BCUT2D eigenvalue weighted by molar-refractivity contribution is -0.138. The summed E-state index contributed by atoms with van der Waals surface area (Å²) in [6.45, 7) is 12.7. The molecule has 0 unspecified atom stereocenters. The van der Waals surface area contributed by atoms with Gasteiger partial charge in [-0.15, -0.1) is 0 Å². The van der Waals surface area contributed by atoms with Crippen molar-refractivity contribution in [2.45, 2.75) is 91.3 Å². The lowest BCUT2D eigenvalue weighted by Gasteiger charge is -2.36. The Hall–Kier alpha value is -3.80. The molecular weight excluding hydrogens is 601 g/mol. The van der Waals surface area contributed by atoms with Gasteiger partial charge in [-0.25, -0.2) is 4.39 Å². The van der Waals surface area contributed by atoms with E-state index < -0.39 is 35.6 Å². The summed E-state index contributed by atoms with van der Waals surface area (Å²) < 4.78 is 17.3. The van der Waals surface area contributed by atoms with Crippen molar-refractivity contribution in [2.75, 3.05) is 38.5 Å². The average Bonchev–Trinajstić information content (AvgIpc) is 3.56. The van der Waals surface area contributed by atoms with Crippen LogP contribution >= 0.6 is 0 Å². The monoisotopic (exact) mass is 653 g/mol. The smallest absolute Gasteiger partial charge is 0.270 e. The SMILES string of the molecule is CCC(=O)N[C@@H](C(=O)N1CCN(C)CC1)[C@@H](C)c1ccc(NC(=O)[C@@H](NC(=O)c2ccnn2CC)[C@H](C)[C@H]2CC[C@H](C)CC2)c(F)c1. The Morgan fingerprint density at radius 3 is 2.26 bits per heavy atom. The number of hydrogen-bond donors (Lipinski definition) is 3. The fourth-order valence-electron chi connectivity index (χ4n) is 6.73. The molecule has 1 aliphatic heterocycles. The second-order valence-electron chi connectivity index (χ2n) is 13.4. The number of aromatic nitrogens is 2. The summed E-state index contributed by atoms with van der Waals surface area (Å²) in [7, 11) is 2.00. The van der Waals surface area contributed by atoms with Crippen molar-refractivity contribution >= 4 is 29.3 Å². The Balaban J connectivity index is 1.53. The van der Waals surface area contributed by atoms with Gasteiger partial charge in [0.2, 0.25) is 17.7 Å². The van der Waals surface area contributed by atoms with Crippen LogP contribution in [0.1, 0.15) is 88.7 Å². The zero-order valence-corrected chi connectivity index (χ0v) is 28.7. The van der Waals surface area contributed by atoms with Gasteiger partial charge in [0.25, 0.3) is 5.91 Å². The molecule has 258 valence electrons. The fraction of sp³-hybridized carbons (Fsp3) is 0.629. The van der Waals surface area contributed by atoms with E-state index in [2.05, 4.69) is 32.9 Å². The van der Waals surface area contributed by atoms with E-state index in [1.807, 2.05) is 20.9 Å². The molecule has 47 heavy (non-hydrogen) atoms. The van der Waals surface area contributed by atoms with Crippen molar-refractivity contribution in [1.82, 2.24) is 30.2 Å². The van der Waals surface area contributed by atoms with Crippen molar-refractivity contribution in [1.29, 1.82) is 0 Å². The first-order valence-corrected chi connectivity index (χ1v) is 17.1. The molecule has 1 aromatic carbocycles. The van der Waals surface area contributed by atoms with Crippen LogP contribution in [-0.4, -0.2) is 88.5 Å². The number of amides is 4. The number of halogens is 1. The van der Waals surface area contributed by atoms with Crippen molar-refractivity contribution in [3.8, 4) is 0 Å². The van der Waals surface area contributed by atoms with Gasteiger partial charge in [-0.2, -0.15) is 5.10 Å². The van der Waals surface area contributed by atoms with Gasteiger partial charge >= 0.3 is 0 Å². The zero-order chi connectivity index (χ0) is 34.2. The molecule has 4 atom stereocenters. The molecule has 1 aliphatic carbocycles. The lowest BCUT2D eigenvalue weighted by Crippen LogP contribution is -2.55. The Bertz CT molecular complexity index is 1400. The van der Waals surface area contributed by atoms with Crippen LogP contribution in [0.4, 0.5) is 10.1 Å². The van der Waals surface area contributed by atoms with E-state index in [1.165, 1.54) is 12.1 Å². The van der Waals surface area contributed by atoms with E-state index in [4.69, 9.17) is 0 Å². The Morgan fingerprint density at radius 2 is 1.64 bits per heavy atom. The minimum atomic E-state index is -0.894. The number of hydrogen-bond acceptors (Lipinski definition) is 6. The van der Waals surface area contributed by atoms with E-state index in [0.29, 0.717) is 36.8 Å². The summed E-state index contributed by atoms with van der Waals surface area (Å²) >= 11 is 0. The molecule has 12 heteroatoms. The predicted octanol–water partition coefficient (Wildman–Crippen LogP) is 4.01. The topological polar surface area (TPSA) is 129 Å². The Morgan fingerprint density at radius 1 is 0.957 bits per heavy atom. The maximum Gasteiger partial charge on any atom is 0.270 e. The summed E-state index contributed by atoms with van der Waals surface area (Å²) in [5.74, 6) is -1.87. The van der Waals surface area contributed by atoms with E-state index in [1.54, 1.807) is 41.8 Å². The van der Waals surface area contributed by atoms with Crippen LogP contribution in [0.5, 0.6) is 0 Å². The van der Waals surface area contributed by atoms with Gasteiger partial charge in [-0.1, -0.05) is 46.6 Å². The third kappa shape index (κ3) is 8.97. The van der Waals surface area contributed by atoms with Gasteiger partial charge < -0.3 is 25.8 Å². The van der Waals surface area contributed by atoms with Crippen LogP contribution in [0.2, 0.25) is 0 Å². The zero-order valence-electron chi connectivity index (χ0n) is 28.7. The van der Waals surface area contributed by atoms with Gasteiger partial charge in [0, 0.05) is 51.3 Å². The first kappa shape index (κ1) is 36.0. The third-order valence-electron chi connectivity index (χ3n) is 10.1. The standard InChI is InChI=1S/C35H52FN7O4/c1-7-30(44)39-32(35(47)42-19-17-41(6)18-20-42)24(5)26-13-14-28(27(36)21-26)38-34(46)31(23(4)25-11-9-22(3)10-12-25)40-33(45)29-15-16-37-43(29)8-2/h13-16,21-25,31-32H,7-12,17-20H2,1-6H3,(H,38,46)(H,39,44)(H,40,45)/t22-,23-,24+,25-,31+,32-/m1/s1. The van der Waals surface area contributed by atoms with Crippen LogP contribution in [-0.2, 0) is 20.9 Å². The number of rotatable bonds is 12. The van der Waals surface area contributed by atoms with Crippen molar-refractivity contribution < 1.29 is 23.6 Å². The number of likely N-dealkylation sites (N-methyl/N-ethyl adjacent to an activating group) is 1. The van der Waals surface area contributed by atoms with Crippen LogP contribution in [0, 0.1) is 23.6 Å². The number of carbonyl (C=O) groups is 4. The summed E-state index contributed by atoms with van der Waals surface area (Å²) in [6.07, 6.45) is 5.80. The molecule has 1 saturated heterocycles. The summed E-state index contributed by atoms with van der Waals surface area (Å²) in [5, 5.41) is 12.7. The van der Waals surface area contributed by atoms with E-state index in [-0.39, 0.29) is 35.8 Å². The van der Waals surface area contributed by atoms with Gasteiger partial charge in [-0.05, 0) is 68.3 Å². The highest BCUT2D eigenvalue weighted by Crippen LogP contribution is 2.35. The van der Waals surface area contributed by atoms with Crippen molar-refractivity contribution in [3.63, 3.8) is 0 Å². The van der Waals surface area contributed by atoms with Gasteiger partial charge in [0.1, 0.15) is 23.6 Å². The number of benzene rings is 1. The molecule has 0 bridgehead atoms. The molecule has 4 amide bonds. The van der Waals surface area contributed by atoms with Crippen LogP contribution < -0.4 is 16.0 Å². The van der Waals surface area contributed by atoms with Crippen molar-refractivity contribution in [3.05, 3.63) is 47.5 Å². The molecule has 1 saturated carbocycles. The molecule has 3 N–H and O–H groups in total. The summed E-state index contributed by atoms with van der Waals surface area (Å²) in [5.41, 5.74) is 0.856. The first-order chi connectivity index (χ1) is 22.4. The number of nitrogens with one attached hydrogen (secondary N) is 3. The first-order valence-electron chi connectivity index (χ1n) is 17.1. The number of anilines is 1. The molecule has 2 aliphatic rings. The molecule has 2 heterocycles. The van der Waals surface area contributed by atoms with E-state index >= 15 is 4.39 Å².